The van der Waals surface area contributed by atoms with Gasteiger partial charge < -0.3 is 4.74 Å². The Labute approximate surface area is 77.0 Å². The van der Waals surface area contributed by atoms with E-state index in [4.69, 9.17) is 4.74 Å². The van der Waals surface area contributed by atoms with E-state index >= 15 is 0 Å². The average molecular weight is 186 g/mol. The number of amides is 2. The van der Waals surface area contributed by atoms with Crippen LogP contribution in [0.15, 0.2) is 0 Å². The number of carbonyl (C=O) groups is 2. The van der Waals surface area contributed by atoms with Crippen LogP contribution in [0, 0.1) is 0 Å². The predicted molar refractivity (Wildman–Crippen MR) is 46.1 cm³/mol. The maximum Gasteiger partial charge on any atom is 0.246 e. The Kier molecular flexibility index (Phi) is 3.39. The molecule has 1 atom stereocenters. The number of imide groups is 1. The summed E-state index contributed by atoms with van der Waals surface area (Å²) in [5, 5.41) is 2.81. The molecule has 0 spiro atoms. The molecule has 1 rings (SSSR count). The second kappa shape index (κ2) is 4.34. The van der Waals surface area contributed by atoms with Gasteiger partial charge in [-0.1, -0.05) is 0 Å². The van der Waals surface area contributed by atoms with Crippen molar-refractivity contribution in [3.63, 3.8) is 0 Å². The average Bonchev–Trinajstić information content (AvgIpc) is 2.12. The topological polar surface area (TPSA) is 58.6 Å². The minimum atomic E-state index is -0.269. The Balaban J connectivity index is 2.56. The van der Waals surface area contributed by atoms with Crippen molar-refractivity contribution in [1.82, 2.24) is 10.2 Å². The molecule has 1 N–H and O–H groups in total. The van der Waals surface area contributed by atoms with Gasteiger partial charge in [-0.3, -0.25) is 19.8 Å². The van der Waals surface area contributed by atoms with E-state index in [1.165, 1.54) is 4.90 Å². The van der Waals surface area contributed by atoms with Crippen molar-refractivity contribution in [3.05, 3.63) is 0 Å². The molecule has 0 saturated carbocycles. The molecule has 5 heteroatoms. The Bertz CT molecular complexity index is 217. The minimum absolute atomic E-state index is 0.173. The van der Waals surface area contributed by atoms with E-state index in [-0.39, 0.29) is 24.4 Å². The lowest BCUT2D eigenvalue weighted by molar-refractivity contribution is -0.149. The Morgan fingerprint density at radius 3 is 2.92 bits per heavy atom. The Morgan fingerprint density at radius 2 is 2.31 bits per heavy atom. The molecule has 2 amide bonds. The zero-order valence-electron chi connectivity index (χ0n) is 7.87. The molecule has 0 aromatic rings. The number of piperazine rings is 1. The van der Waals surface area contributed by atoms with Crippen LogP contribution < -0.4 is 5.32 Å². The van der Waals surface area contributed by atoms with Crippen LogP contribution in [0.1, 0.15) is 6.92 Å². The number of hydrogen-bond acceptors (Lipinski definition) is 4. The summed E-state index contributed by atoms with van der Waals surface area (Å²) in [7, 11) is 1.54. The summed E-state index contributed by atoms with van der Waals surface area (Å²) < 4.78 is 4.81. The largest absolute Gasteiger partial charge is 0.383 e. The lowest BCUT2D eigenvalue weighted by atomic mass is 10.2. The van der Waals surface area contributed by atoms with Crippen molar-refractivity contribution in [1.29, 1.82) is 0 Å². The number of hydrogen-bond donors (Lipinski definition) is 1. The van der Waals surface area contributed by atoms with E-state index < -0.39 is 0 Å². The fourth-order valence-electron chi connectivity index (χ4n) is 1.20. The molecule has 13 heavy (non-hydrogen) atoms. The van der Waals surface area contributed by atoms with Gasteiger partial charge in [0.05, 0.1) is 25.7 Å². The third kappa shape index (κ3) is 2.26. The summed E-state index contributed by atoms with van der Waals surface area (Å²) in [6.45, 7) is 2.72. The maximum atomic E-state index is 11.4. The van der Waals surface area contributed by atoms with Crippen molar-refractivity contribution in [2.75, 3.05) is 26.8 Å². The first-order valence-electron chi connectivity index (χ1n) is 4.23. The molecule has 0 aliphatic carbocycles. The zero-order valence-corrected chi connectivity index (χ0v) is 7.87. The van der Waals surface area contributed by atoms with Gasteiger partial charge in [-0.15, -0.1) is 0 Å². The van der Waals surface area contributed by atoms with Crippen LogP contribution >= 0.6 is 0 Å². The van der Waals surface area contributed by atoms with Crippen molar-refractivity contribution in [3.8, 4) is 0 Å². The summed E-state index contributed by atoms with van der Waals surface area (Å²) in [6.07, 6.45) is 0. The molecule has 1 saturated heterocycles. The van der Waals surface area contributed by atoms with E-state index in [9.17, 15) is 9.59 Å². The monoisotopic (exact) mass is 186 g/mol. The smallest absolute Gasteiger partial charge is 0.246 e. The van der Waals surface area contributed by atoms with Crippen molar-refractivity contribution in [2.45, 2.75) is 13.0 Å². The van der Waals surface area contributed by atoms with Gasteiger partial charge in [0.25, 0.3) is 0 Å². The van der Waals surface area contributed by atoms with Gasteiger partial charge in [0, 0.05) is 7.11 Å². The number of methoxy groups -OCH3 is 1. The summed E-state index contributed by atoms with van der Waals surface area (Å²) in [6, 6.07) is -0.269. The SMILES string of the molecule is COCCN1C(=O)CNC(C)C1=O. The standard InChI is InChI=1S/C8H14N2O3/c1-6-8(12)10(3-4-13-2)7(11)5-9-6/h6,9H,3-5H2,1-2H3. The predicted octanol–water partition coefficient (Wildman–Crippen LogP) is -1.02. The van der Waals surface area contributed by atoms with E-state index in [1.807, 2.05) is 0 Å². The fraction of sp³-hybridized carbons (Fsp3) is 0.750. The van der Waals surface area contributed by atoms with Gasteiger partial charge in [-0.25, -0.2) is 0 Å². The van der Waals surface area contributed by atoms with Crippen LogP contribution in [-0.2, 0) is 14.3 Å². The lowest BCUT2D eigenvalue weighted by Crippen LogP contribution is -2.57. The van der Waals surface area contributed by atoms with Gasteiger partial charge in [0.15, 0.2) is 0 Å². The maximum absolute atomic E-state index is 11.4. The zero-order chi connectivity index (χ0) is 9.84. The van der Waals surface area contributed by atoms with E-state index in [0.717, 1.165) is 0 Å². The minimum Gasteiger partial charge on any atom is -0.383 e. The van der Waals surface area contributed by atoms with E-state index in [2.05, 4.69) is 5.32 Å². The molecule has 0 aromatic carbocycles. The number of carbonyl (C=O) groups excluding carboxylic acids is 2. The molecule has 0 bridgehead atoms. The van der Waals surface area contributed by atoms with Gasteiger partial charge in [-0.05, 0) is 6.92 Å². The molecule has 5 nitrogen and oxygen atoms in total. The summed E-state index contributed by atoms with van der Waals surface area (Å²) >= 11 is 0. The molecule has 1 heterocycles. The summed E-state index contributed by atoms with van der Waals surface area (Å²) in [5.41, 5.74) is 0. The highest BCUT2D eigenvalue weighted by molar-refractivity contribution is 6.00. The highest BCUT2D eigenvalue weighted by atomic mass is 16.5. The van der Waals surface area contributed by atoms with E-state index in [1.54, 1.807) is 14.0 Å². The molecule has 0 aromatic heterocycles. The molecular weight excluding hydrogens is 172 g/mol. The number of rotatable bonds is 3. The second-order valence-electron chi connectivity index (χ2n) is 2.98. The van der Waals surface area contributed by atoms with Gasteiger partial charge >= 0.3 is 0 Å². The van der Waals surface area contributed by atoms with Crippen LogP contribution in [0.3, 0.4) is 0 Å². The fourth-order valence-corrected chi connectivity index (χ4v) is 1.20. The van der Waals surface area contributed by atoms with Crippen LogP contribution in [0.25, 0.3) is 0 Å². The van der Waals surface area contributed by atoms with Gasteiger partial charge in [0.2, 0.25) is 11.8 Å². The molecule has 1 unspecified atom stereocenters. The van der Waals surface area contributed by atoms with Crippen molar-refractivity contribution < 1.29 is 14.3 Å². The number of nitrogens with one attached hydrogen (secondary N) is 1. The van der Waals surface area contributed by atoms with Crippen molar-refractivity contribution in [2.24, 2.45) is 0 Å². The molecule has 1 aliphatic rings. The molecule has 74 valence electrons. The summed E-state index contributed by atoms with van der Waals surface area (Å²) in [4.78, 5) is 23.9. The highest BCUT2D eigenvalue weighted by Gasteiger charge is 2.30. The van der Waals surface area contributed by atoms with E-state index in [0.29, 0.717) is 13.2 Å². The van der Waals surface area contributed by atoms with Crippen LogP contribution in [0.5, 0.6) is 0 Å². The number of ether oxygens (including phenoxy) is 1. The third-order valence-electron chi connectivity index (χ3n) is 2.02. The highest BCUT2D eigenvalue weighted by Crippen LogP contribution is 2.01. The first-order valence-corrected chi connectivity index (χ1v) is 4.23. The van der Waals surface area contributed by atoms with Gasteiger partial charge in [-0.2, -0.15) is 0 Å². The molecule has 1 aliphatic heterocycles. The first-order chi connectivity index (χ1) is 6.16. The lowest BCUT2D eigenvalue weighted by Gasteiger charge is -2.29. The molecule has 0 radical (unpaired) electrons. The normalized spacial score (nSPS) is 23.8. The van der Waals surface area contributed by atoms with Crippen molar-refractivity contribution >= 4 is 11.8 Å². The number of nitrogens with zero attached hydrogens (tertiary/aromatic N) is 1. The Hall–Kier alpha value is -0.940. The Morgan fingerprint density at radius 1 is 1.62 bits per heavy atom. The van der Waals surface area contributed by atoms with Gasteiger partial charge in [0.1, 0.15) is 0 Å². The quantitative estimate of drug-likeness (QED) is 0.573. The summed E-state index contributed by atoms with van der Waals surface area (Å²) in [5.74, 6) is -0.353. The van der Waals surface area contributed by atoms with Crippen LogP contribution in [0.4, 0.5) is 0 Å². The third-order valence-corrected chi connectivity index (χ3v) is 2.02. The second-order valence-corrected chi connectivity index (χ2v) is 2.98. The van der Waals surface area contributed by atoms with Crippen LogP contribution in [-0.4, -0.2) is 49.6 Å². The molecular formula is C8H14N2O3. The first kappa shape index (κ1) is 10.1. The molecule has 1 fully saturated rings. The van der Waals surface area contributed by atoms with Crippen LogP contribution in [0.2, 0.25) is 0 Å².